The number of methoxy groups -OCH3 is 1. The summed E-state index contributed by atoms with van der Waals surface area (Å²) < 4.78 is 37.3. The van der Waals surface area contributed by atoms with Crippen LogP contribution in [0.4, 0.5) is 13.2 Å². The van der Waals surface area contributed by atoms with Crippen LogP contribution in [0.15, 0.2) is 54.9 Å². The predicted molar refractivity (Wildman–Crippen MR) is 98.3 cm³/mol. The van der Waals surface area contributed by atoms with E-state index in [2.05, 4.69) is 4.98 Å². The van der Waals surface area contributed by atoms with Gasteiger partial charge in [0, 0.05) is 31.6 Å². The zero-order chi connectivity index (χ0) is 21.4. The van der Waals surface area contributed by atoms with Crippen LogP contribution < -0.4 is 0 Å². The Balaban J connectivity index is 0.000000370. The first-order valence-corrected chi connectivity index (χ1v) is 8.82. The van der Waals surface area contributed by atoms with Gasteiger partial charge in [-0.05, 0) is 36.6 Å². The number of pyridine rings is 1. The molecule has 1 aliphatic rings. The lowest BCUT2D eigenvalue weighted by atomic mass is 10.0. The summed E-state index contributed by atoms with van der Waals surface area (Å²) in [5.74, 6) is -2.68. The van der Waals surface area contributed by atoms with Crippen molar-refractivity contribution in [1.82, 2.24) is 9.88 Å². The molecule has 1 aliphatic heterocycles. The molecule has 0 saturated carbocycles. The van der Waals surface area contributed by atoms with Crippen molar-refractivity contribution in [2.75, 3.05) is 13.7 Å². The SMILES string of the molecule is CO[C@@H]1CCN(C(=O)c2ccccc2)[C@H]1Cc1cccnc1.O=C(O)C(F)(F)F. The monoisotopic (exact) mass is 410 g/mol. The lowest BCUT2D eigenvalue weighted by Gasteiger charge is -2.27. The molecule has 0 unspecified atom stereocenters. The molecule has 1 fully saturated rings. The Hall–Kier alpha value is -2.94. The van der Waals surface area contributed by atoms with E-state index in [1.165, 1.54) is 0 Å². The summed E-state index contributed by atoms with van der Waals surface area (Å²) in [6.45, 7) is 0.733. The molecule has 9 heteroatoms. The first-order chi connectivity index (χ1) is 13.7. The lowest BCUT2D eigenvalue weighted by molar-refractivity contribution is -0.192. The number of carboxylic acids is 1. The average molecular weight is 410 g/mol. The average Bonchev–Trinajstić information content (AvgIpc) is 3.11. The summed E-state index contributed by atoms with van der Waals surface area (Å²) >= 11 is 0. The number of carbonyl (C=O) groups is 2. The molecule has 2 atom stereocenters. The van der Waals surface area contributed by atoms with Gasteiger partial charge in [-0.25, -0.2) is 4.79 Å². The van der Waals surface area contributed by atoms with Crippen molar-refractivity contribution in [3.8, 4) is 0 Å². The fourth-order valence-electron chi connectivity index (χ4n) is 3.10. The Kier molecular flexibility index (Phi) is 7.72. The fourth-order valence-corrected chi connectivity index (χ4v) is 3.10. The van der Waals surface area contributed by atoms with Gasteiger partial charge in [-0.2, -0.15) is 13.2 Å². The molecule has 0 radical (unpaired) electrons. The van der Waals surface area contributed by atoms with Gasteiger partial charge in [0.05, 0.1) is 12.1 Å². The van der Waals surface area contributed by atoms with Crippen LogP contribution in [-0.4, -0.2) is 58.8 Å². The van der Waals surface area contributed by atoms with Crippen molar-refractivity contribution in [2.24, 2.45) is 0 Å². The van der Waals surface area contributed by atoms with Crippen LogP contribution in [0.1, 0.15) is 22.3 Å². The molecule has 1 N–H and O–H groups in total. The molecule has 0 bridgehead atoms. The highest BCUT2D eigenvalue weighted by Crippen LogP contribution is 2.25. The minimum Gasteiger partial charge on any atom is -0.475 e. The summed E-state index contributed by atoms with van der Waals surface area (Å²) in [6.07, 6.45) is 0.257. The van der Waals surface area contributed by atoms with Crippen molar-refractivity contribution in [3.05, 3.63) is 66.0 Å². The van der Waals surface area contributed by atoms with E-state index in [1.807, 2.05) is 53.6 Å². The molecule has 1 saturated heterocycles. The Bertz CT molecular complexity index is 800. The van der Waals surface area contributed by atoms with Crippen molar-refractivity contribution >= 4 is 11.9 Å². The molecule has 1 amide bonds. The molecule has 1 aromatic carbocycles. The van der Waals surface area contributed by atoms with E-state index in [0.29, 0.717) is 0 Å². The second-order valence-corrected chi connectivity index (χ2v) is 6.36. The van der Waals surface area contributed by atoms with Crippen molar-refractivity contribution in [2.45, 2.75) is 31.2 Å². The van der Waals surface area contributed by atoms with E-state index in [0.717, 1.165) is 30.5 Å². The third kappa shape index (κ3) is 6.28. The zero-order valence-corrected chi connectivity index (χ0v) is 15.7. The number of hydrogen-bond acceptors (Lipinski definition) is 4. The van der Waals surface area contributed by atoms with Crippen LogP contribution in [0.2, 0.25) is 0 Å². The van der Waals surface area contributed by atoms with Gasteiger partial charge < -0.3 is 14.7 Å². The van der Waals surface area contributed by atoms with Gasteiger partial charge in [-0.1, -0.05) is 24.3 Å². The molecule has 2 aromatic rings. The summed E-state index contributed by atoms with van der Waals surface area (Å²) in [6, 6.07) is 13.5. The number of rotatable bonds is 4. The number of ether oxygens (including phenoxy) is 1. The Morgan fingerprint density at radius 1 is 1.21 bits per heavy atom. The molecular formula is C20H21F3N2O4. The Labute approximate surface area is 165 Å². The molecule has 29 heavy (non-hydrogen) atoms. The van der Waals surface area contributed by atoms with Crippen LogP contribution in [-0.2, 0) is 16.0 Å². The summed E-state index contributed by atoms with van der Waals surface area (Å²) in [5.41, 5.74) is 1.86. The van der Waals surface area contributed by atoms with E-state index in [1.54, 1.807) is 13.3 Å². The standard InChI is InChI=1S/C18H20N2O2.C2HF3O2/c1-22-17-9-11-20(18(21)15-7-3-2-4-8-15)16(17)12-14-6-5-10-19-13-14;3-2(4,5)1(6)7/h2-8,10,13,16-17H,9,11-12H2,1H3;(H,6,7)/t16-,17+;/m0./s1. The maximum atomic E-state index is 12.8. The largest absolute Gasteiger partial charge is 0.490 e. The van der Waals surface area contributed by atoms with Crippen molar-refractivity contribution in [3.63, 3.8) is 0 Å². The minimum atomic E-state index is -5.08. The van der Waals surface area contributed by atoms with Gasteiger partial charge in [0.25, 0.3) is 5.91 Å². The van der Waals surface area contributed by atoms with E-state index < -0.39 is 12.1 Å². The fraction of sp³-hybridized carbons (Fsp3) is 0.350. The van der Waals surface area contributed by atoms with E-state index >= 15 is 0 Å². The number of hydrogen-bond donors (Lipinski definition) is 1. The van der Waals surface area contributed by atoms with Crippen LogP contribution in [0, 0.1) is 0 Å². The quantitative estimate of drug-likeness (QED) is 0.838. The van der Waals surface area contributed by atoms with Gasteiger partial charge in [-0.15, -0.1) is 0 Å². The van der Waals surface area contributed by atoms with E-state index in [-0.39, 0.29) is 18.1 Å². The van der Waals surface area contributed by atoms with Crippen molar-refractivity contribution < 1.29 is 32.6 Å². The Morgan fingerprint density at radius 2 is 1.86 bits per heavy atom. The topological polar surface area (TPSA) is 79.7 Å². The van der Waals surface area contributed by atoms with Gasteiger partial charge in [0.15, 0.2) is 0 Å². The number of carbonyl (C=O) groups excluding carboxylic acids is 1. The molecule has 1 aromatic heterocycles. The number of nitrogens with zero attached hydrogens (tertiary/aromatic N) is 2. The summed E-state index contributed by atoms with van der Waals surface area (Å²) in [4.78, 5) is 27.8. The van der Waals surface area contributed by atoms with Crippen LogP contribution in [0.3, 0.4) is 0 Å². The van der Waals surface area contributed by atoms with Crippen molar-refractivity contribution in [1.29, 1.82) is 0 Å². The molecule has 2 heterocycles. The minimum absolute atomic E-state index is 0.0573. The van der Waals surface area contributed by atoms with E-state index in [4.69, 9.17) is 14.6 Å². The third-order valence-corrected chi connectivity index (χ3v) is 4.48. The highest BCUT2D eigenvalue weighted by molar-refractivity contribution is 5.94. The van der Waals surface area contributed by atoms with Crippen LogP contribution in [0.25, 0.3) is 0 Å². The number of carboxylic acid groups (broad SMARTS) is 1. The number of aromatic nitrogens is 1. The maximum absolute atomic E-state index is 12.8. The zero-order valence-electron chi connectivity index (χ0n) is 15.7. The number of halogens is 3. The molecule has 0 aliphatic carbocycles. The highest BCUT2D eigenvalue weighted by atomic mass is 19.4. The van der Waals surface area contributed by atoms with Crippen LogP contribution in [0.5, 0.6) is 0 Å². The second-order valence-electron chi connectivity index (χ2n) is 6.36. The molecular weight excluding hydrogens is 389 g/mol. The lowest BCUT2D eigenvalue weighted by Crippen LogP contribution is -2.41. The van der Waals surface area contributed by atoms with E-state index in [9.17, 15) is 18.0 Å². The van der Waals surface area contributed by atoms with Gasteiger partial charge in [-0.3, -0.25) is 9.78 Å². The second kappa shape index (κ2) is 10.0. The smallest absolute Gasteiger partial charge is 0.475 e. The summed E-state index contributed by atoms with van der Waals surface area (Å²) in [7, 11) is 1.72. The Morgan fingerprint density at radius 3 is 2.38 bits per heavy atom. The number of amides is 1. The molecule has 0 spiro atoms. The maximum Gasteiger partial charge on any atom is 0.490 e. The highest BCUT2D eigenvalue weighted by Gasteiger charge is 2.38. The first kappa shape index (κ1) is 22.4. The van der Waals surface area contributed by atoms with Gasteiger partial charge >= 0.3 is 12.1 Å². The number of alkyl halides is 3. The summed E-state index contributed by atoms with van der Waals surface area (Å²) in [5, 5.41) is 7.12. The molecule has 156 valence electrons. The van der Waals surface area contributed by atoms with Crippen LogP contribution >= 0.6 is 0 Å². The number of aliphatic carboxylic acids is 1. The van der Waals surface area contributed by atoms with Gasteiger partial charge in [0.2, 0.25) is 0 Å². The third-order valence-electron chi connectivity index (χ3n) is 4.48. The predicted octanol–water partition coefficient (Wildman–Crippen LogP) is 3.19. The number of benzene rings is 1. The molecule has 3 rings (SSSR count). The normalized spacial score (nSPS) is 18.7. The van der Waals surface area contributed by atoms with Gasteiger partial charge in [0.1, 0.15) is 0 Å². The molecule has 6 nitrogen and oxygen atoms in total. The first-order valence-electron chi connectivity index (χ1n) is 8.82. The number of likely N-dealkylation sites (tertiary alicyclic amines) is 1.